The Kier molecular flexibility index (Phi) is 8.76. The molecule has 0 bridgehead atoms. The highest BCUT2D eigenvalue weighted by Crippen LogP contribution is 2.33. The van der Waals surface area contributed by atoms with Gasteiger partial charge in [-0.25, -0.2) is 4.79 Å². The smallest absolute Gasteiger partial charge is 0.331 e. The Morgan fingerprint density at radius 2 is 1.75 bits per heavy atom. The van der Waals surface area contributed by atoms with Gasteiger partial charge in [0, 0.05) is 29.6 Å². The van der Waals surface area contributed by atoms with Gasteiger partial charge in [0.2, 0.25) is 5.91 Å². The molecule has 1 aromatic heterocycles. The van der Waals surface area contributed by atoms with E-state index < -0.39 is 5.97 Å². The van der Waals surface area contributed by atoms with Crippen LogP contribution in [0.1, 0.15) is 47.2 Å². The van der Waals surface area contributed by atoms with Crippen molar-refractivity contribution in [2.24, 2.45) is 5.92 Å². The Hall–Kier alpha value is -4.58. The summed E-state index contributed by atoms with van der Waals surface area (Å²) in [6.45, 7) is 0.534. The Morgan fingerprint density at radius 1 is 0.950 bits per heavy atom. The maximum absolute atomic E-state index is 13.4. The summed E-state index contributed by atoms with van der Waals surface area (Å²) in [7, 11) is 1.61. The number of benzene rings is 3. The molecule has 0 amide bonds. The second-order valence-corrected chi connectivity index (χ2v) is 9.89. The summed E-state index contributed by atoms with van der Waals surface area (Å²) in [5, 5.41) is 0.783. The maximum atomic E-state index is 13.4. The predicted octanol–water partition coefficient (Wildman–Crippen LogP) is 7.37. The summed E-state index contributed by atoms with van der Waals surface area (Å²) in [6, 6.07) is 23.0. The van der Waals surface area contributed by atoms with Crippen LogP contribution in [0.2, 0.25) is 0 Å². The van der Waals surface area contributed by atoms with Crippen LogP contribution in [0, 0.1) is 5.92 Å². The molecule has 204 valence electrons. The molecule has 4 aromatic rings. The van der Waals surface area contributed by atoms with E-state index in [1.54, 1.807) is 23.9 Å². The number of aromatic nitrogens is 1. The van der Waals surface area contributed by atoms with Crippen molar-refractivity contribution in [3.8, 4) is 11.5 Å². The zero-order valence-corrected chi connectivity index (χ0v) is 22.6. The second-order valence-electron chi connectivity index (χ2n) is 9.89. The Bertz CT molecular complexity index is 1520. The highest BCUT2D eigenvalue weighted by atomic mass is 16.5. The van der Waals surface area contributed by atoms with Gasteiger partial charge >= 0.3 is 5.97 Å². The van der Waals surface area contributed by atoms with Crippen LogP contribution in [0.5, 0.6) is 11.5 Å². The zero-order chi connectivity index (χ0) is 27.7. The first kappa shape index (κ1) is 27.0. The molecule has 3 aromatic carbocycles. The minimum Gasteiger partial charge on any atom is -0.497 e. The van der Waals surface area contributed by atoms with Gasteiger partial charge < -0.3 is 14.2 Å². The van der Waals surface area contributed by atoms with Gasteiger partial charge in [0.1, 0.15) is 24.7 Å². The number of esters is 1. The first-order chi connectivity index (χ1) is 19.6. The van der Waals surface area contributed by atoms with Gasteiger partial charge in [0.15, 0.2) is 0 Å². The molecule has 0 saturated heterocycles. The quantitative estimate of drug-likeness (QED) is 0.120. The standard InChI is InChI=1S/C34H33NO5/c1-38-29-18-15-27(16-19-29)24-40-33(37)20-17-28-22-35(32(36)21-25-9-4-2-5-10-25)30-13-8-14-31(34(28)30)39-23-26-11-6-3-7-12-26/h3-4,6-9,11-20,22,25H,2,5,10,21,23-24H2,1H3/b20-17+/t25-/m1/s1. The average molecular weight is 536 g/mol. The summed E-state index contributed by atoms with van der Waals surface area (Å²) in [5.74, 6) is 1.17. The summed E-state index contributed by atoms with van der Waals surface area (Å²) in [6.07, 6.45) is 12.8. The van der Waals surface area contributed by atoms with E-state index in [9.17, 15) is 9.59 Å². The third kappa shape index (κ3) is 6.70. The number of carbonyl (C=O) groups is 2. The van der Waals surface area contributed by atoms with Gasteiger partial charge in [0.25, 0.3) is 0 Å². The summed E-state index contributed by atoms with van der Waals surface area (Å²) in [4.78, 5) is 26.0. The van der Waals surface area contributed by atoms with Crippen LogP contribution >= 0.6 is 0 Å². The Balaban J connectivity index is 1.39. The van der Waals surface area contributed by atoms with Gasteiger partial charge in [-0.1, -0.05) is 60.7 Å². The topological polar surface area (TPSA) is 66.8 Å². The Morgan fingerprint density at radius 3 is 2.50 bits per heavy atom. The van der Waals surface area contributed by atoms with E-state index in [2.05, 4.69) is 12.2 Å². The van der Waals surface area contributed by atoms with E-state index in [-0.39, 0.29) is 18.4 Å². The summed E-state index contributed by atoms with van der Waals surface area (Å²) >= 11 is 0. The largest absolute Gasteiger partial charge is 0.497 e. The minimum atomic E-state index is -0.474. The molecule has 0 radical (unpaired) electrons. The predicted molar refractivity (Wildman–Crippen MR) is 156 cm³/mol. The number of hydrogen-bond acceptors (Lipinski definition) is 5. The van der Waals surface area contributed by atoms with Gasteiger partial charge in [-0.05, 0) is 66.6 Å². The van der Waals surface area contributed by atoms with Crippen molar-refractivity contribution in [1.29, 1.82) is 0 Å². The Labute approximate surface area is 234 Å². The van der Waals surface area contributed by atoms with E-state index in [4.69, 9.17) is 14.2 Å². The second kappa shape index (κ2) is 13.0. The SMILES string of the molecule is COc1ccc(COC(=O)/C=C/c2cn(C(=O)C[C@@H]3C=CCCC3)c3cccc(OCc4ccccc4)c23)cc1. The lowest BCUT2D eigenvalue weighted by molar-refractivity contribution is -0.138. The maximum Gasteiger partial charge on any atom is 0.331 e. The molecule has 1 atom stereocenters. The minimum absolute atomic E-state index is 0.0171. The third-order valence-corrected chi connectivity index (χ3v) is 7.06. The molecule has 1 aliphatic carbocycles. The van der Waals surface area contributed by atoms with Crippen molar-refractivity contribution in [1.82, 2.24) is 4.57 Å². The molecule has 5 rings (SSSR count). The molecular weight excluding hydrogens is 502 g/mol. The van der Waals surface area contributed by atoms with Crippen LogP contribution < -0.4 is 9.47 Å². The lowest BCUT2D eigenvalue weighted by Crippen LogP contribution is -2.15. The normalized spacial score (nSPS) is 14.9. The molecule has 0 N–H and O–H groups in total. The highest BCUT2D eigenvalue weighted by Gasteiger charge is 2.20. The van der Waals surface area contributed by atoms with Gasteiger partial charge in [-0.15, -0.1) is 0 Å². The van der Waals surface area contributed by atoms with E-state index in [0.717, 1.165) is 47.0 Å². The molecule has 0 saturated carbocycles. The monoisotopic (exact) mass is 535 g/mol. The molecular formula is C34H33NO5. The molecule has 0 unspecified atom stereocenters. The van der Waals surface area contributed by atoms with E-state index in [1.807, 2.05) is 72.8 Å². The van der Waals surface area contributed by atoms with E-state index in [0.29, 0.717) is 24.3 Å². The lowest BCUT2D eigenvalue weighted by atomic mass is 9.93. The van der Waals surface area contributed by atoms with Crippen molar-refractivity contribution < 1.29 is 23.8 Å². The van der Waals surface area contributed by atoms with Crippen molar-refractivity contribution in [3.05, 3.63) is 114 Å². The van der Waals surface area contributed by atoms with Crippen molar-refractivity contribution in [2.75, 3.05) is 7.11 Å². The van der Waals surface area contributed by atoms with Gasteiger partial charge in [-0.3, -0.25) is 9.36 Å². The third-order valence-electron chi connectivity index (χ3n) is 7.06. The fraction of sp³-hybridized carbons (Fsp3) is 0.235. The number of allylic oxidation sites excluding steroid dienone is 2. The summed E-state index contributed by atoms with van der Waals surface area (Å²) in [5.41, 5.74) is 3.37. The van der Waals surface area contributed by atoms with Crippen molar-refractivity contribution >= 4 is 28.9 Å². The average Bonchev–Trinajstić information content (AvgIpc) is 3.38. The molecule has 0 spiro atoms. The van der Waals surface area contributed by atoms with Crippen LogP contribution in [0.3, 0.4) is 0 Å². The molecule has 40 heavy (non-hydrogen) atoms. The van der Waals surface area contributed by atoms with Crippen molar-refractivity contribution in [3.63, 3.8) is 0 Å². The van der Waals surface area contributed by atoms with E-state index >= 15 is 0 Å². The van der Waals surface area contributed by atoms with Crippen LogP contribution in [0.25, 0.3) is 17.0 Å². The first-order valence-electron chi connectivity index (χ1n) is 13.6. The lowest BCUT2D eigenvalue weighted by Gasteiger charge is -2.16. The number of rotatable bonds is 10. The van der Waals surface area contributed by atoms with Gasteiger partial charge in [-0.2, -0.15) is 0 Å². The van der Waals surface area contributed by atoms with Crippen LogP contribution in [0.15, 0.2) is 97.2 Å². The van der Waals surface area contributed by atoms with E-state index in [1.165, 1.54) is 6.08 Å². The highest BCUT2D eigenvalue weighted by molar-refractivity contribution is 6.02. The molecule has 1 heterocycles. The first-order valence-corrected chi connectivity index (χ1v) is 13.6. The van der Waals surface area contributed by atoms with Crippen LogP contribution in [-0.4, -0.2) is 23.6 Å². The number of hydrogen-bond donors (Lipinski definition) is 0. The molecule has 0 aliphatic heterocycles. The fourth-order valence-corrected chi connectivity index (χ4v) is 4.93. The molecule has 0 fully saturated rings. The number of nitrogens with zero attached hydrogens (tertiary/aromatic N) is 1. The molecule has 1 aliphatic rings. The zero-order valence-electron chi connectivity index (χ0n) is 22.6. The number of methoxy groups -OCH3 is 1. The number of ether oxygens (including phenoxy) is 3. The summed E-state index contributed by atoms with van der Waals surface area (Å²) < 4.78 is 18.5. The fourth-order valence-electron chi connectivity index (χ4n) is 4.93. The number of fused-ring (bicyclic) bond motifs is 1. The van der Waals surface area contributed by atoms with Crippen LogP contribution in [0.4, 0.5) is 0 Å². The number of carbonyl (C=O) groups excluding carboxylic acids is 2. The van der Waals surface area contributed by atoms with Crippen molar-refractivity contribution in [2.45, 2.75) is 38.9 Å². The molecule has 6 heteroatoms. The van der Waals surface area contributed by atoms with Crippen LogP contribution in [-0.2, 0) is 22.7 Å². The molecule has 6 nitrogen and oxygen atoms in total. The van der Waals surface area contributed by atoms with Gasteiger partial charge in [0.05, 0.1) is 12.6 Å².